The largest absolute Gasteiger partial charge is 0.463 e. The Bertz CT molecular complexity index is 402. The van der Waals surface area contributed by atoms with Gasteiger partial charge in [-0.05, 0) is 13.8 Å². The Balaban J connectivity index is 2.20. The first kappa shape index (κ1) is 16.2. The van der Waals surface area contributed by atoms with Crippen LogP contribution in [-0.2, 0) is 33.3 Å². The zero-order chi connectivity index (χ0) is 15.1. The molecular formula is C13H18O7. The van der Waals surface area contributed by atoms with E-state index in [2.05, 4.69) is 11.3 Å². The Morgan fingerprint density at radius 1 is 1.45 bits per heavy atom. The van der Waals surface area contributed by atoms with Crippen LogP contribution in [0.5, 0.6) is 0 Å². The maximum atomic E-state index is 11.6. The molecule has 1 aliphatic heterocycles. The van der Waals surface area contributed by atoms with Gasteiger partial charge in [0.05, 0.1) is 13.2 Å². The lowest BCUT2D eigenvalue weighted by atomic mass is 10.3. The fourth-order valence-electron chi connectivity index (χ4n) is 1.37. The summed E-state index contributed by atoms with van der Waals surface area (Å²) in [5.41, 5.74) is 0.289. The first-order valence-electron chi connectivity index (χ1n) is 6.23. The van der Waals surface area contributed by atoms with E-state index in [4.69, 9.17) is 14.2 Å². The highest BCUT2D eigenvalue weighted by Crippen LogP contribution is 2.11. The molecule has 0 aliphatic carbocycles. The molecule has 7 nitrogen and oxygen atoms in total. The second-order valence-electron chi connectivity index (χ2n) is 4.31. The molecule has 0 aromatic rings. The Labute approximate surface area is 116 Å². The summed E-state index contributed by atoms with van der Waals surface area (Å²) < 4.78 is 19.6. The molecule has 2 unspecified atom stereocenters. The van der Waals surface area contributed by atoms with E-state index in [1.165, 1.54) is 13.8 Å². The van der Waals surface area contributed by atoms with Crippen molar-refractivity contribution in [1.29, 1.82) is 0 Å². The SMILES string of the molecule is C=C(C)C(=O)OCCOC(C)C(=O)OC1CCOC1=O. The first-order chi connectivity index (χ1) is 9.41. The van der Waals surface area contributed by atoms with Crippen LogP contribution in [0.4, 0.5) is 0 Å². The van der Waals surface area contributed by atoms with E-state index in [9.17, 15) is 14.4 Å². The maximum Gasteiger partial charge on any atom is 0.347 e. The van der Waals surface area contributed by atoms with Gasteiger partial charge in [0.2, 0.25) is 6.10 Å². The Kier molecular flexibility index (Phi) is 6.17. The molecule has 0 radical (unpaired) electrons. The van der Waals surface area contributed by atoms with Crippen molar-refractivity contribution in [3.05, 3.63) is 12.2 Å². The molecular weight excluding hydrogens is 268 g/mol. The van der Waals surface area contributed by atoms with Gasteiger partial charge in [-0.3, -0.25) is 0 Å². The van der Waals surface area contributed by atoms with E-state index in [0.717, 1.165) is 0 Å². The molecule has 1 aliphatic rings. The predicted octanol–water partition coefficient (Wildman–Crippen LogP) is 0.369. The van der Waals surface area contributed by atoms with E-state index in [1.54, 1.807) is 0 Å². The smallest absolute Gasteiger partial charge is 0.347 e. The quantitative estimate of drug-likeness (QED) is 0.289. The molecule has 20 heavy (non-hydrogen) atoms. The van der Waals surface area contributed by atoms with Crippen molar-refractivity contribution < 1.29 is 33.3 Å². The average Bonchev–Trinajstić information content (AvgIpc) is 2.79. The van der Waals surface area contributed by atoms with Crippen LogP contribution in [0, 0.1) is 0 Å². The van der Waals surface area contributed by atoms with Gasteiger partial charge in [0.25, 0.3) is 0 Å². The second-order valence-corrected chi connectivity index (χ2v) is 4.31. The third kappa shape index (κ3) is 5.00. The Hall–Kier alpha value is -1.89. The molecule has 0 saturated carbocycles. The topological polar surface area (TPSA) is 88.1 Å². The molecule has 1 saturated heterocycles. The van der Waals surface area contributed by atoms with Gasteiger partial charge < -0.3 is 18.9 Å². The lowest BCUT2D eigenvalue weighted by molar-refractivity contribution is -0.169. The van der Waals surface area contributed by atoms with Crippen molar-refractivity contribution in [2.75, 3.05) is 19.8 Å². The zero-order valence-corrected chi connectivity index (χ0v) is 11.5. The summed E-state index contributed by atoms with van der Waals surface area (Å²) in [6, 6.07) is 0. The van der Waals surface area contributed by atoms with Crippen molar-refractivity contribution in [3.63, 3.8) is 0 Å². The zero-order valence-electron chi connectivity index (χ0n) is 11.5. The summed E-state index contributed by atoms with van der Waals surface area (Å²) in [6.45, 7) is 6.76. The highest BCUT2D eigenvalue weighted by molar-refractivity contribution is 5.86. The van der Waals surface area contributed by atoms with E-state index in [1.807, 2.05) is 0 Å². The molecule has 0 aromatic carbocycles. The van der Waals surface area contributed by atoms with Crippen LogP contribution in [0.2, 0.25) is 0 Å². The van der Waals surface area contributed by atoms with Crippen LogP contribution in [0.3, 0.4) is 0 Å². The van der Waals surface area contributed by atoms with Crippen LogP contribution in [0.1, 0.15) is 20.3 Å². The molecule has 112 valence electrons. The normalized spacial score (nSPS) is 19.1. The number of carbonyl (C=O) groups excluding carboxylic acids is 3. The number of rotatable bonds is 7. The highest BCUT2D eigenvalue weighted by atomic mass is 16.6. The molecule has 0 aromatic heterocycles. The van der Waals surface area contributed by atoms with Crippen LogP contribution >= 0.6 is 0 Å². The van der Waals surface area contributed by atoms with Gasteiger partial charge in [-0.2, -0.15) is 0 Å². The van der Waals surface area contributed by atoms with Gasteiger partial charge in [0.1, 0.15) is 6.61 Å². The summed E-state index contributed by atoms with van der Waals surface area (Å²) in [5.74, 6) is -1.71. The van der Waals surface area contributed by atoms with Crippen LogP contribution in [-0.4, -0.2) is 49.9 Å². The van der Waals surface area contributed by atoms with Crippen LogP contribution in [0.25, 0.3) is 0 Å². The van der Waals surface area contributed by atoms with Gasteiger partial charge in [0.15, 0.2) is 6.10 Å². The Morgan fingerprint density at radius 3 is 2.70 bits per heavy atom. The van der Waals surface area contributed by atoms with Crippen molar-refractivity contribution >= 4 is 17.9 Å². The van der Waals surface area contributed by atoms with E-state index in [-0.39, 0.29) is 25.4 Å². The number of cyclic esters (lactones) is 1. The van der Waals surface area contributed by atoms with Gasteiger partial charge in [-0.25, -0.2) is 14.4 Å². The lowest BCUT2D eigenvalue weighted by Crippen LogP contribution is -2.31. The van der Waals surface area contributed by atoms with Gasteiger partial charge in [-0.15, -0.1) is 0 Å². The molecule has 0 bridgehead atoms. The standard InChI is InChI=1S/C13H18O7/c1-8(2)11(14)19-7-6-17-9(3)12(15)20-10-4-5-18-13(10)16/h9-10H,1,4-7H2,2-3H3. The predicted molar refractivity (Wildman–Crippen MR) is 66.6 cm³/mol. The molecule has 1 fully saturated rings. The second kappa shape index (κ2) is 7.64. The summed E-state index contributed by atoms with van der Waals surface area (Å²) in [6.07, 6.45) is -1.35. The minimum absolute atomic E-state index is 0.00871. The maximum absolute atomic E-state index is 11.6. The van der Waals surface area contributed by atoms with Crippen molar-refractivity contribution in [2.24, 2.45) is 0 Å². The number of ether oxygens (including phenoxy) is 4. The van der Waals surface area contributed by atoms with Crippen molar-refractivity contribution in [1.82, 2.24) is 0 Å². The minimum atomic E-state index is -0.855. The number of esters is 3. The fraction of sp³-hybridized carbons (Fsp3) is 0.615. The molecule has 7 heteroatoms. The van der Waals surface area contributed by atoms with Crippen LogP contribution in [0.15, 0.2) is 12.2 Å². The van der Waals surface area contributed by atoms with Gasteiger partial charge >= 0.3 is 17.9 Å². The van der Waals surface area contributed by atoms with Crippen molar-refractivity contribution in [2.45, 2.75) is 32.5 Å². The van der Waals surface area contributed by atoms with Gasteiger partial charge in [0, 0.05) is 12.0 Å². The van der Waals surface area contributed by atoms with Crippen molar-refractivity contribution in [3.8, 4) is 0 Å². The monoisotopic (exact) mass is 286 g/mol. The fourth-order valence-corrected chi connectivity index (χ4v) is 1.37. The summed E-state index contributed by atoms with van der Waals surface area (Å²) in [7, 11) is 0. The number of hydrogen-bond donors (Lipinski definition) is 0. The van der Waals surface area contributed by atoms with E-state index in [0.29, 0.717) is 6.42 Å². The minimum Gasteiger partial charge on any atom is -0.463 e. The molecule has 0 amide bonds. The molecule has 1 heterocycles. The van der Waals surface area contributed by atoms with E-state index >= 15 is 0 Å². The van der Waals surface area contributed by atoms with Crippen LogP contribution < -0.4 is 0 Å². The third-order valence-corrected chi connectivity index (χ3v) is 2.51. The molecule has 1 rings (SSSR count). The van der Waals surface area contributed by atoms with E-state index < -0.39 is 30.1 Å². The number of hydrogen-bond acceptors (Lipinski definition) is 7. The lowest BCUT2D eigenvalue weighted by Gasteiger charge is -2.14. The highest BCUT2D eigenvalue weighted by Gasteiger charge is 2.31. The summed E-state index contributed by atoms with van der Waals surface area (Å²) in [4.78, 5) is 33.8. The summed E-state index contributed by atoms with van der Waals surface area (Å²) >= 11 is 0. The summed E-state index contributed by atoms with van der Waals surface area (Å²) in [5, 5.41) is 0. The first-order valence-corrected chi connectivity index (χ1v) is 6.23. The van der Waals surface area contributed by atoms with Gasteiger partial charge in [-0.1, -0.05) is 6.58 Å². The molecule has 0 N–H and O–H groups in total. The molecule has 0 spiro atoms. The third-order valence-electron chi connectivity index (χ3n) is 2.51. The molecule has 2 atom stereocenters. The Morgan fingerprint density at radius 2 is 2.15 bits per heavy atom. The number of carbonyl (C=O) groups is 3. The average molecular weight is 286 g/mol.